The maximum Gasteiger partial charge on any atom is 0.224 e. The third-order valence-electron chi connectivity index (χ3n) is 3.96. The Morgan fingerprint density at radius 2 is 2.11 bits per heavy atom. The maximum absolute atomic E-state index is 12.0. The fraction of sp³-hybridized carbons (Fsp3) is 0.263. The molecule has 1 saturated heterocycles. The Bertz CT molecular complexity index is 827. The molecule has 1 amide bonds. The predicted molar refractivity (Wildman–Crippen MR) is 112 cm³/mol. The highest BCUT2D eigenvalue weighted by Crippen LogP contribution is 2.21. The summed E-state index contributed by atoms with van der Waals surface area (Å²) in [5.41, 5.74) is 7.92. The van der Waals surface area contributed by atoms with Crippen molar-refractivity contribution in [1.82, 2.24) is 10.6 Å². The van der Waals surface area contributed by atoms with Crippen LogP contribution in [0.4, 0.5) is 5.69 Å². The largest absolute Gasteiger partial charge is 0.370 e. The lowest BCUT2D eigenvalue weighted by molar-refractivity contribution is -0.124. The van der Waals surface area contributed by atoms with E-state index in [1.54, 1.807) is 23.9 Å². The van der Waals surface area contributed by atoms with Crippen molar-refractivity contribution in [3.05, 3.63) is 59.1 Å². The van der Waals surface area contributed by atoms with Gasteiger partial charge in [-0.15, -0.1) is 11.8 Å². The molecule has 6 nitrogen and oxygen atoms in total. The van der Waals surface area contributed by atoms with Crippen LogP contribution >= 0.6 is 23.4 Å². The van der Waals surface area contributed by atoms with E-state index in [4.69, 9.17) is 17.3 Å². The van der Waals surface area contributed by atoms with Gasteiger partial charge >= 0.3 is 0 Å². The van der Waals surface area contributed by atoms with Crippen LogP contribution in [0.5, 0.6) is 0 Å². The van der Waals surface area contributed by atoms with Crippen LogP contribution in [0.3, 0.4) is 0 Å². The first-order valence-corrected chi connectivity index (χ1v) is 9.95. The number of rotatable bonds is 5. The quantitative estimate of drug-likeness (QED) is 0.350. The number of carbonyl (C=O) groups is 1. The number of anilines is 1. The minimum atomic E-state index is -0.568. The van der Waals surface area contributed by atoms with Gasteiger partial charge in [-0.25, -0.2) is 4.99 Å². The number of nitrogens with zero attached hydrogens (tertiary/aromatic N) is 1. The number of hydrogen-bond acceptors (Lipinski definition) is 4. The molecular formula is C19H22ClN5OS. The Hall–Kier alpha value is -2.22. The fourth-order valence-electron chi connectivity index (χ4n) is 2.65. The molecule has 8 heteroatoms. The van der Waals surface area contributed by atoms with Crippen LogP contribution < -0.4 is 21.7 Å². The second-order valence-electron chi connectivity index (χ2n) is 6.31. The minimum Gasteiger partial charge on any atom is -0.370 e. The van der Waals surface area contributed by atoms with E-state index in [1.165, 1.54) is 10.5 Å². The summed E-state index contributed by atoms with van der Waals surface area (Å²) >= 11 is 7.67. The van der Waals surface area contributed by atoms with Crippen molar-refractivity contribution in [2.45, 2.75) is 30.6 Å². The van der Waals surface area contributed by atoms with Gasteiger partial charge in [0.05, 0.1) is 0 Å². The molecule has 0 aromatic heterocycles. The molecule has 2 aromatic carbocycles. The van der Waals surface area contributed by atoms with Gasteiger partial charge in [-0.05, 0) is 37.3 Å². The number of thioether (sulfide) groups is 1. The molecule has 1 heterocycles. The Labute approximate surface area is 168 Å². The molecule has 0 saturated carbocycles. The molecule has 3 rings (SSSR count). The van der Waals surface area contributed by atoms with Crippen molar-refractivity contribution in [2.24, 2.45) is 10.7 Å². The van der Waals surface area contributed by atoms with Crippen LogP contribution in [0.25, 0.3) is 0 Å². The highest BCUT2D eigenvalue weighted by Gasteiger charge is 2.25. The van der Waals surface area contributed by atoms with Gasteiger partial charge in [0.25, 0.3) is 0 Å². The molecule has 1 fully saturated rings. The predicted octanol–water partition coefficient (Wildman–Crippen LogP) is 2.93. The minimum absolute atomic E-state index is 0.0118. The Balaban J connectivity index is 1.57. The van der Waals surface area contributed by atoms with E-state index in [2.05, 4.69) is 52.1 Å². The second-order valence-corrected chi connectivity index (χ2v) is 7.84. The van der Waals surface area contributed by atoms with E-state index in [0.29, 0.717) is 11.4 Å². The lowest BCUT2D eigenvalue weighted by Gasteiger charge is -2.29. The molecule has 27 heavy (non-hydrogen) atoms. The van der Waals surface area contributed by atoms with E-state index in [9.17, 15) is 4.79 Å². The summed E-state index contributed by atoms with van der Waals surface area (Å²) in [4.78, 5) is 17.5. The molecule has 2 aromatic rings. The first-order valence-electron chi connectivity index (χ1n) is 8.59. The van der Waals surface area contributed by atoms with Gasteiger partial charge in [0, 0.05) is 33.8 Å². The number of guanidine groups is 1. The number of nitrogens with two attached hydrogens (primary N) is 1. The number of hydrogen-bond donors (Lipinski definition) is 4. The molecular weight excluding hydrogens is 382 g/mol. The van der Waals surface area contributed by atoms with Gasteiger partial charge in [0.15, 0.2) is 12.2 Å². The van der Waals surface area contributed by atoms with Crippen LogP contribution in [-0.2, 0) is 4.79 Å². The lowest BCUT2D eigenvalue weighted by atomic mass is 10.2. The standard InChI is InChI=1S/C19H22ClN5OS/c1-12-5-7-16(8-6-12)27-11-15-10-17(26)24-19(23-15)25-18(21)22-14-4-2-3-13(20)9-14/h2-9,15,19,23H,10-11H2,1H3,(H,24,26)(H3,21,22,25). The molecule has 5 N–H and O–H groups in total. The molecule has 0 aliphatic carbocycles. The summed E-state index contributed by atoms with van der Waals surface area (Å²) in [7, 11) is 0. The molecule has 0 radical (unpaired) electrons. The van der Waals surface area contributed by atoms with Crippen LogP contribution in [-0.4, -0.2) is 30.0 Å². The number of halogens is 1. The number of aryl methyl sites for hydroxylation is 1. The highest BCUT2D eigenvalue weighted by molar-refractivity contribution is 7.99. The van der Waals surface area contributed by atoms with Crippen molar-refractivity contribution in [2.75, 3.05) is 11.1 Å². The topological polar surface area (TPSA) is 91.5 Å². The normalized spacial score (nSPS) is 20.2. The molecule has 0 bridgehead atoms. The van der Waals surface area contributed by atoms with Gasteiger partial charge in [0.1, 0.15) is 0 Å². The number of carbonyl (C=O) groups excluding carboxylic acids is 1. The second kappa shape index (κ2) is 9.12. The Morgan fingerprint density at radius 3 is 2.85 bits per heavy atom. The zero-order valence-corrected chi connectivity index (χ0v) is 16.5. The van der Waals surface area contributed by atoms with E-state index in [1.807, 2.05) is 12.1 Å². The van der Waals surface area contributed by atoms with E-state index < -0.39 is 6.29 Å². The van der Waals surface area contributed by atoms with Crippen LogP contribution in [0, 0.1) is 6.92 Å². The fourth-order valence-corrected chi connectivity index (χ4v) is 3.78. The summed E-state index contributed by atoms with van der Waals surface area (Å²) < 4.78 is 0. The summed E-state index contributed by atoms with van der Waals surface area (Å²) in [6.45, 7) is 2.06. The molecule has 142 valence electrons. The van der Waals surface area contributed by atoms with Crippen molar-refractivity contribution < 1.29 is 4.79 Å². The first kappa shape index (κ1) is 19.5. The summed E-state index contributed by atoms with van der Waals surface area (Å²) in [5.74, 6) is 0.916. The third kappa shape index (κ3) is 6.16. The maximum atomic E-state index is 12.0. The average Bonchev–Trinajstić information content (AvgIpc) is 2.60. The summed E-state index contributed by atoms with van der Waals surface area (Å²) in [6, 6.07) is 15.5. The van der Waals surface area contributed by atoms with Gasteiger partial charge in [0.2, 0.25) is 5.91 Å². The van der Waals surface area contributed by atoms with Crippen molar-refractivity contribution in [3.8, 4) is 0 Å². The molecule has 0 spiro atoms. The summed E-state index contributed by atoms with van der Waals surface area (Å²) in [5, 5.41) is 9.67. The van der Waals surface area contributed by atoms with E-state index in [0.717, 1.165) is 11.4 Å². The van der Waals surface area contributed by atoms with E-state index >= 15 is 0 Å². The highest BCUT2D eigenvalue weighted by atomic mass is 35.5. The Morgan fingerprint density at radius 1 is 1.33 bits per heavy atom. The van der Waals surface area contributed by atoms with Crippen molar-refractivity contribution in [3.63, 3.8) is 0 Å². The third-order valence-corrected chi connectivity index (χ3v) is 5.37. The number of amides is 1. The van der Waals surface area contributed by atoms with Crippen LogP contribution in [0.1, 0.15) is 12.0 Å². The lowest BCUT2D eigenvalue weighted by Crippen LogP contribution is -2.57. The monoisotopic (exact) mass is 403 g/mol. The summed E-state index contributed by atoms with van der Waals surface area (Å²) in [6.07, 6.45) is -0.159. The zero-order valence-electron chi connectivity index (χ0n) is 14.9. The number of aliphatic imine (C=N–C) groups is 1. The first-order chi connectivity index (χ1) is 13.0. The number of nitrogens with one attached hydrogen (secondary N) is 3. The van der Waals surface area contributed by atoms with Crippen LogP contribution in [0.2, 0.25) is 5.02 Å². The van der Waals surface area contributed by atoms with Gasteiger partial charge < -0.3 is 16.4 Å². The zero-order chi connectivity index (χ0) is 19.2. The molecule has 2 atom stereocenters. The molecule has 2 unspecified atom stereocenters. The smallest absolute Gasteiger partial charge is 0.224 e. The SMILES string of the molecule is Cc1ccc(SCC2CC(=O)NC(/N=C(\N)Nc3cccc(Cl)c3)N2)cc1. The number of benzene rings is 2. The van der Waals surface area contributed by atoms with Crippen molar-refractivity contribution >= 4 is 40.9 Å². The van der Waals surface area contributed by atoms with Crippen molar-refractivity contribution in [1.29, 1.82) is 0 Å². The molecule has 1 aliphatic heterocycles. The van der Waals surface area contributed by atoms with Gasteiger partial charge in [-0.3, -0.25) is 10.1 Å². The molecule has 1 aliphatic rings. The van der Waals surface area contributed by atoms with Gasteiger partial charge in [-0.1, -0.05) is 35.4 Å². The average molecular weight is 404 g/mol. The van der Waals surface area contributed by atoms with E-state index in [-0.39, 0.29) is 17.9 Å². The van der Waals surface area contributed by atoms with Gasteiger partial charge in [-0.2, -0.15) is 0 Å². The van der Waals surface area contributed by atoms with Crippen LogP contribution in [0.15, 0.2) is 58.4 Å². The Kier molecular flexibility index (Phi) is 6.60.